The van der Waals surface area contributed by atoms with E-state index in [4.69, 9.17) is 0 Å². The van der Waals surface area contributed by atoms with Gasteiger partial charge >= 0.3 is 0 Å². The predicted molar refractivity (Wildman–Crippen MR) is 63.7 cm³/mol. The van der Waals surface area contributed by atoms with Gasteiger partial charge in [0.1, 0.15) is 0 Å². The third-order valence-electron chi connectivity index (χ3n) is 3.59. The van der Waals surface area contributed by atoms with Crippen molar-refractivity contribution in [3.8, 4) is 0 Å². The monoisotopic (exact) mass is 206 g/mol. The molecule has 2 aliphatic rings. The summed E-state index contributed by atoms with van der Waals surface area (Å²) in [5, 5.41) is 10.1. The van der Waals surface area contributed by atoms with Crippen molar-refractivity contribution in [1.82, 2.24) is 0 Å². The Hall–Kier alpha value is -0.560. The van der Waals surface area contributed by atoms with E-state index in [9.17, 15) is 5.11 Å². The summed E-state index contributed by atoms with van der Waals surface area (Å²) in [6.07, 6.45) is 15.3. The lowest BCUT2D eigenvalue weighted by molar-refractivity contribution is 0.202. The number of aliphatic hydroxyl groups is 1. The molecule has 1 N–H and O–H groups in total. The Kier molecular flexibility index (Phi) is 4.01. The lowest BCUT2D eigenvalue weighted by Gasteiger charge is -2.21. The average Bonchev–Trinajstić information content (AvgIpc) is 2.31. The smallest absolute Gasteiger partial charge is 0.0787 e. The first-order valence-electron chi connectivity index (χ1n) is 6.41. The minimum absolute atomic E-state index is 0.186. The minimum atomic E-state index is -0.186. The van der Waals surface area contributed by atoms with Gasteiger partial charge in [0, 0.05) is 0 Å². The quantitative estimate of drug-likeness (QED) is 0.697. The van der Waals surface area contributed by atoms with Crippen LogP contribution < -0.4 is 0 Å². The fraction of sp³-hybridized carbons (Fsp3) is 0.714. The third kappa shape index (κ3) is 3.20. The molecule has 1 heteroatoms. The van der Waals surface area contributed by atoms with Crippen LogP contribution in [-0.2, 0) is 0 Å². The maximum atomic E-state index is 10.1. The van der Waals surface area contributed by atoms with Crippen molar-refractivity contribution in [1.29, 1.82) is 0 Å². The molecule has 0 radical (unpaired) electrons. The highest BCUT2D eigenvalue weighted by atomic mass is 16.3. The van der Waals surface area contributed by atoms with Crippen LogP contribution in [0.15, 0.2) is 23.3 Å². The Morgan fingerprint density at radius 2 is 1.73 bits per heavy atom. The molecule has 15 heavy (non-hydrogen) atoms. The molecular formula is C14H22O. The molecule has 2 rings (SSSR count). The highest BCUT2D eigenvalue weighted by Crippen LogP contribution is 2.27. The second-order valence-corrected chi connectivity index (χ2v) is 4.85. The first-order chi connectivity index (χ1) is 7.36. The summed E-state index contributed by atoms with van der Waals surface area (Å²) < 4.78 is 0. The molecule has 0 heterocycles. The van der Waals surface area contributed by atoms with Crippen LogP contribution in [0.4, 0.5) is 0 Å². The van der Waals surface area contributed by atoms with E-state index in [1.54, 1.807) is 0 Å². The molecule has 2 aliphatic carbocycles. The SMILES string of the molecule is OC(CC1=CCCCC1)C1=CCCCC1. The normalized spacial score (nSPS) is 24.3. The van der Waals surface area contributed by atoms with E-state index in [1.807, 2.05) is 0 Å². The summed E-state index contributed by atoms with van der Waals surface area (Å²) in [7, 11) is 0. The first-order valence-corrected chi connectivity index (χ1v) is 6.41. The Balaban J connectivity index is 1.87. The highest BCUT2D eigenvalue weighted by molar-refractivity contribution is 5.16. The second kappa shape index (κ2) is 5.50. The van der Waals surface area contributed by atoms with E-state index in [2.05, 4.69) is 12.2 Å². The van der Waals surface area contributed by atoms with Crippen molar-refractivity contribution >= 4 is 0 Å². The molecule has 0 spiro atoms. The fourth-order valence-corrected chi connectivity index (χ4v) is 2.64. The Bertz CT molecular complexity index is 263. The molecule has 1 unspecified atom stereocenters. The van der Waals surface area contributed by atoms with Gasteiger partial charge in [-0.25, -0.2) is 0 Å². The number of hydrogen-bond donors (Lipinski definition) is 1. The van der Waals surface area contributed by atoms with Crippen LogP contribution in [0.1, 0.15) is 57.8 Å². The first kappa shape index (κ1) is 10.9. The highest BCUT2D eigenvalue weighted by Gasteiger charge is 2.15. The van der Waals surface area contributed by atoms with Crippen molar-refractivity contribution in [3.63, 3.8) is 0 Å². The van der Waals surface area contributed by atoms with Crippen LogP contribution in [0.3, 0.4) is 0 Å². The molecule has 84 valence electrons. The van der Waals surface area contributed by atoms with Crippen molar-refractivity contribution in [2.24, 2.45) is 0 Å². The van der Waals surface area contributed by atoms with E-state index in [1.165, 1.54) is 56.1 Å². The molecule has 1 atom stereocenters. The molecule has 0 fully saturated rings. The van der Waals surface area contributed by atoms with Gasteiger partial charge in [0.25, 0.3) is 0 Å². The topological polar surface area (TPSA) is 20.2 Å². The fourth-order valence-electron chi connectivity index (χ4n) is 2.64. The largest absolute Gasteiger partial charge is 0.388 e. The van der Waals surface area contributed by atoms with Gasteiger partial charge in [-0.1, -0.05) is 17.7 Å². The zero-order chi connectivity index (χ0) is 10.5. The second-order valence-electron chi connectivity index (χ2n) is 4.85. The van der Waals surface area contributed by atoms with E-state index in [-0.39, 0.29) is 6.10 Å². The van der Waals surface area contributed by atoms with Crippen molar-refractivity contribution in [2.45, 2.75) is 63.9 Å². The maximum absolute atomic E-state index is 10.1. The summed E-state index contributed by atoms with van der Waals surface area (Å²) in [5.41, 5.74) is 2.79. The Morgan fingerprint density at radius 3 is 2.33 bits per heavy atom. The Labute approximate surface area is 92.9 Å². The van der Waals surface area contributed by atoms with E-state index in [0.29, 0.717) is 0 Å². The number of hydrogen-bond acceptors (Lipinski definition) is 1. The lowest BCUT2D eigenvalue weighted by Crippen LogP contribution is -2.14. The van der Waals surface area contributed by atoms with Crippen LogP contribution in [0.2, 0.25) is 0 Å². The van der Waals surface area contributed by atoms with Gasteiger partial charge in [0.05, 0.1) is 6.10 Å². The van der Waals surface area contributed by atoms with Gasteiger partial charge in [-0.2, -0.15) is 0 Å². The molecule has 0 bridgehead atoms. The van der Waals surface area contributed by atoms with Crippen molar-refractivity contribution < 1.29 is 5.11 Å². The van der Waals surface area contributed by atoms with Gasteiger partial charge in [-0.15, -0.1) is 0 Å². The van der Waals surface area contributed by atoms with Gasteiger partial charge in [-0.05, 0) is 63.4 Å². The molecule has 0 aromatic heterocycles. The van der Waals surface area contributed by atoms with Crippen LogP contribution in [-0.4, -0.2) is 11.2 Å². The van der Waals surface area contributed by atoms with Gasteiger partial charge in [-0.3, -0.25) is 0 Å². The zero-order valence-electron chi connectivity index (χ0n) is 9.54. The molecule has 0 aromatic carbocycles. The van der Waals surface area contributed by atoms with Gasteiger partial charge in [0.15, 0.2) is 0 Å². The zero-order valence-corrected chi connectivity index (χ0v) is 9.54. The lowest BCUT2D eigenvalue weighted by atomic mass is 9.89. The van der Waals surface area contributed by atoms with E-state index < -0.39 is 0 Å². The Morgan fingerprint density at radius 1 is 1.00 bits per heavy atom. The third-order valence-corrected chi connectivity index (χ3v) is 3.59. The molecule has 0 aromatic rings. The summed E-state index contributed by atoms with van der Waals surface area (Å²) in [6.45, 7) is 0. The molecule has 0 saturated carbocycles. The van der Waals surface area contributed by atoms with Crippen LogP contribution in [0.5, 0.6) is 0 Å². The van der Waals surface area contributed by atoms with Crippen molar-refractivity contribution in [3.05, 3.63) is 23.3 Å². The predicted octanol–water partition coefficient (Wildman–Crippen LogP) is 3.74. The van der Waals surface area contributed by atoms with Crippen molar-refractivity contribution in [2.75, 3.05) is 0 Å². The van der Waals surface area contributed by atoms with Crippen LogP contribution in [0, 0.1) is 0 Å². The number of rotatable bonds is 3. The summed E-state index contributed by atoms with van der Waals surface area (Å²) in [4.78, 5) is 0. The molecular weight excluding hydrogens is 184 g/mol. The number of aliphatic hydroxyl groups excluding tert-OH is 1. The summed E-state index contributed by atoms with van der Waals surface area (Å²) in [5.74, 6) is 0. The maximum Gasteiger partial charge on any atom is 0.0787 e. The molecule has 0 amide bonds. The summed E-state index contributed by atoms with van der Waals surface area (Å²) in [6, 6.07) is 0. The molecule has 0 aliphatic heterocycles. The van der Waals surface area contributed by atoms with E-state index in [0.717, 1.165) is 12.8 Å². The summed E-state index contributed by atoms with van der Waals surface area (Å²) >= 11 is 0. The van der Waals surface area contributed by atoms with Crippen LogP contribution in [0.25, 0.3) is 0 Å². The number of allylic oxidation sites excluding steroid dienone is 2. The van der Waals surface area contributed by atoms with E-state index >= 15 is 0 Å². The van der Waals surface area contributed by atoms with Crippen LogP contribution >= 0.6 is 0 Å². The minimum Gasteiger partial charge on any atom is -0.388 e. The van der Waals surface area contributed by atoms with Gasteiger partial charge in [0.2, 0.25) is 0 Å². The standard InChI is InChI=1S/C14H22O/c15-14(13-9-5-2-6-10-13)11-12-7-3-1-4-8-12/h7,9,14-15H,1-6,8,10-11H2. The average molecular weight is 206 g/mol. The van der Waals surface area contributed by atoms with Gasteiger partial charge < -0.3 is 5.11 Å². The molecule has 1 nitrogen and oxygen atoms in total. The molecule has 0 saturated heterocycles.